The third-order valence-electron chi connectivity index (χ3n) is 2.75. The second-order valence-electron chi connectivity index (χ2n) is 4.07. The molecule has 1 amide bonds. The van der Waals surface area contributed by atoms with Crippen molar-refractivity contribution in [3.05, 3.63) is 62.6 Å². The minimum Gasteiger partial charge on any atom is -0.490 e. The number of carbonyl (C=O) groups excluding carboxylic acids is 1. The Balaban J connectivity index is 2.35. The highest BCUT2D eigenvalue weighted by Crippen LogP contribution is 2.31. The molecule has 0 aliphatic rings. The van der Waals surface area contributed by atoms with Gasteiger partial charge in [-0.25, -0.2) is 0 Å². The standard InChI is InChI=1S/C14H11BrN2O4/c1-21-12-4-2-3-11(13(12)17(19)20)14(18)16-10-7-5-9(15)6-8-10/h2-8H,1H3,(H,16,18). The molecule has 0 saturated heterocycles. The van der Waals surface area contributed by atoms with Gasteiger partial charge in [-0.2, -0.15) is 0 Å². The van der Waals surface area contributed by atoms with Gasteiger partial charge in [0.25, 0.3) is 5.91 Å². The maximum absolute atomic E-state index is 12.2. The highest BCUT2D eigenvalue weighted by atomic mass is 79.9. The molecule has 0 saturated carbocycles. The van der Waals surface area contributed by atoms with Crippen LogP contribution in [0, 0.1) is 10.1 Å². The van der Waals surface area contributed by atoms with Crippen LogP contribution in [0.2, 0.25) is 0 Å². The van der Waals surface area contributed by atoms with E-state index in [4.69, 9.17) is 4.74 Å². The Bertz CT molecular complexity index is 686. The third-order valence-corrected chi connectivity index (χ3v) is 3.28. The molecule has 1 N–H and O–H groups in total. The number of anilines is 1. The summed E-state index contributed by atoms with van der Waals surface area (Å²) >= 11 is 3.29. The first kappa shape index (κ1) is 15.0. The minimum absolute atomic E-state index is 0.0449. The van der Waals surface area contributed by atoms with E-state index in [9.17, 15) is 14.9 Å². The smallest absolute Gasteiger partial charge is 0.323 e. The van der Waals surface area contributed by atoms with Crippen LogP contribution in [-0.2, 0) is 0 Å². The summed E-state index contributed by atoms with van der Waals surface area (Å²) in [5, 5.41) is 13.8. The van der Waals surface area contributed by atoms with Crippen molar-refractivity contribution in [2.45, 2.75) is 0 Å². The largest absolute Gasteiger partial charge is 0.490 e. The van der Waals surface area contributed by atoms with E-state index in [1.807, 2.05) is 0 Å². The minimum atomic E-state index is -0.630. The second-order valence-corrected chi connectivity index (χ2v) is 4.99. The quantitative estimate of drug-likeness (QED) is 0.674. The molecule has 6 nitrogen and oxygen atoms in total. The number of benzene rings is 2. The fourth-order valence-electron chi connectivity index (χ4n) is 1.79. The van der Waals surface area contributed by atoms with Gasteiger partial charge < -0.3 is 10.1 Å². The first-order valence-electron chi connectivity index (χ1n) is 5.91. The number of methoxy groups -OCH3 is 1. The van der Waals surface area contributed by atoms with Crippen molar-refractivity contribution >= 4 is 33.2 Å². The van der Waals surface area contributed by atoms with E-state index in [-0.39, 0.29) is 17.0 Å². The molecule has 0 aliphatic heterocycles. The number of nitro benzene ring substituents is 1. The Labute approximate surface area is 129 Å². The number of nitrogens with one attached hydrogen (secondary N) is 1. The van der Waals surface area contributed by atoms with E-state index < -0.39 is 10.8 Å². The van der Waals surface area contributed by atoms with Crippen molar-refractivity contribution in [2.24, 2.45) is 0 Å². The van der Waals surface area contributed by atoms with Gasteiger partial charge in [0.15, 0.2) is 5.75 Å². The molecule has 0 radical (unpaired) electrons. The van der Waals surface area contributed by atoms with Crippen molar-refractivity contribution in [3.63, 3.8) is 0 Å². The van der Waals surface area contributed by atoms with Gasteiger partial charge >= 0.3 is 5.69 Å². The van der Waals surface area contributed by atoms with Gasteiger partial charge in [0.05, 0.1) is 12.0 Å². The fourth-order valence-corrected chi connectivity index (χ4v) is 2.05. The van der Waals surface area contributed by atoms with Crippen molar-refractivity contribution in [3.8, 4) is 5.75 Å². The lowest BCUT2D eigenvalue weighted by Crippen LogP contribution is -2.14. The maximum Gasteiger partial charge on any atom is 0.323 e. The van der Waals surface area contributed by atoms with Gasteiger partial charge in [-0.3, -0.25) is 14.9 Å². The highest BCUT2D eigenvalue weighted by Gasteiger charge is 2.25. The number of nitrogens with zero attached hydrogens (tertiary/aromatic N) is 1. The molecule has 0 bridgehead atoms. The Morgan fingerprint density at radius 3 is 2.48 bits per heavy atom. The molecule has 0 heterocycles. The van der Waals surface area contributed by atoms with Crippen LogP contribution in [0.1, 0.15) is 10.4 Å². The van der Waals surface area contributed by atoms with Crippen LogP contribution in [-0.4, -0.2) is 17.9 Å². The Kier molecular flexibility index (Phi) is 4.54. The van der Waals surface area contributed by atoms with Crippen molar-refractivity contribution in [1.82, 2.24) is 0 Å². The van der Waals surface area contributed by atoms with E-state index in [1.165, 1.54) is 25.3 Å². The zero-order valence-corrected chi connectivity index (χ0v) is 12.6. The molecule has 7 heteroatoms. The zero-order valence-electron chi connectivity index (χ0n) is 11.0. The molecule has 0 aromatic heterocycles. The summed E-state index contributed by atoms with van der Waals surface area (Å²) in [4.78, 5) is 22.7. The summed E-state index contributed by atoms with van der Waals surface area (Å²) in [7, 11) is 1.32. The van der Waals surface area contributed by atoms with E-state index in [1.54, 1.807) is 24.3 Å². The maximum atomic E-state index is 12.2. The average molecular weight is 351 g/mol. The highest BCUT2D eigenvalue weighted by molar-refractivity contribution is 9.10. The van der Waals surface area contributed by atoms with Gasteiger partial charge in [-0.1, -0.05) is 22.0 Å². The number of rotatable bonds is 4. The van der Waals surface area contributed by atoms with Crippen LogP contribution in [0.4, 0.5) is 11.4 Å². The molecule has 2 aromatic carbocycles. The van der Waals surface area contributed by atoms with E-state index in [2.05, 4.69) is 21.2 Å². The van der Waals surface area contributed by atoms with Gasteiger partial charge in [0, 0.05) is 10.2 Å². The summed E-state index contributed by atoms with van der Waals surface area (Å²) in [5.74, 6) is -0.522. The van der Waals surface area contributed by atoms with Gasteiger partial charge in [0.1, 0.15) is 5.56 Å². The lowest BCUT2D eigenvalue weighted by molar-refractivity contribution is -0.386. The molecule has 108 valence electrons. The van der Waals surface area contributed by atoms with Crippen molar-refractivity contribution in [2.75, 3.05) is 12.4 Å². The molecule has 21 heavy (non-hydrogen) atoms. The second kappa shape index (κ2) is 6.36. The monoisotopic (exact) mass is 350 g/mol. The van der Waals surface area contributed by atoms with Crippen LogP contribution in [0.15, 0.2) is 46.9 Å². The molecule has 0 spiro atoms. The normalized spacial score (nSPS) is 10.0. The molecular weight excluding hydrogens is 340 g/mol. The average Bonchev–Trinajstić information content (AvgIpc) is 2.48. The molecule has 2 aromatic rings. The van der Waals surface area contributed by atoms with Gasteiger partial charge in [0.2, 0.25) is 0 Å². The van der Waals surface area contributed by atoms with Crippen LogP contribution in [0.3, 0.4) is 0 Å². The van der Waals surface area contributed by atoms with Crippen LogP contribution in [0.25, 0.3) is 0 Å². The molecule has 0 fully saturated rings. The number of para-hydroxylation sites is 1. The summed E-state index contributed by atoms with van der Waals surface area (Å²) < 4.78 is 5.80. The summed E-state index contributed by atoms with van der Waals surface area (Å²) in [5.41, 5.74) is 0.136. The van der Waals surface area contributed by atoms with Crippen molar-refractivity contribution < 1.29 is 14.5 Å². The first-order chi connectivity index (χ1) is 10.0. The van der Waals surface area contributed by atoms with Gasteiger partial charge in [-0.05, 0) is 36.4 Å². The Morgan fingerprint density at radius 2 is 1.90 bits per heavy atom. The van der Waals surface area contributed by atoms with E-state index in [0.717, 1.165) is 4.47 Å². The number of carbonyl (C=O) groups is 1. The number of amides is 1. The molecule has 2 rings (SSSR count). The topological polar surface area (TPSA) is 81.5 Å². The lowest BCUT2D eigenvalue weighted by Gasteiger charge is -2.08. The first-order valence-corrected chi connectivity index (χ1v) is 6.70. The summed E-state index contributed by atoms with van der Waals surface area (Å²) in [6, 6.07) is 11.2. The van der Waals surface area contributed by atoms with Crippen LogP contribution < -0.4 is 10.1 Å². The number of halogens is 1. The third kappa shape index (κ3) is 3.38. The predicted octanol–water partition coefficient (Wildman–Crippen LogP) is 3.62. The molecule has 0 aliphatic carbocycles. The molecule has 0 atom stereocenters. The Hall–Kier alpha value is -2.41. The van der Waals surface area contributed by atoms with Crippen LogP contribution >= 0.6 is 15.9 Å². The summed E-state index contributed by atoms with van der Waals surface area (Å²) in [6.07, 6.45) is 0. The van der Waals surface area contributed by atoms with Crippen LogP contribution in [0.5, 0.6) is 5.75 Å². The fraction of sp³-hybridized carbons (Fsp3) is 0.0714. The molecular formula is C14H11BrN2O4. The van der Waals surface area contributed by atoms with Crippen molar-refractivity contribution in [1.29, 1.82) is 0 Å². The SMILES string of the molecule is COc1cccc(C(=O)Nc2ccc(Br)cc2)c1[N+](=O)[O-]. The lowest BCUT2D eigenvalue weighted by atomic mass is 10.1. The summed E-state index contributed by atoms with van der Waals surface area (Å²) in [6.45, 7) is 0. The predicted molar refractivity (Wildman–Crippen MR) is 81.7 cm³/mol. The van der Waals surface area contributed by atoms with E-state index >= 15 is 0 Å². The Morgan fingerprint density at radius 1 is 1.24 bits per heavy atom. The number of ether oxygens (including phenoxy) is 1. The number of nitro groups is 1. The van der Waals surface area contributed by atoms with E-state index in [0.29, 0.717) is 5.69 Å². The molecule has 0 unspecified atom stereocenters. The number of hydrogen-bond donors (Lipinski definition) is 1. The van der Waals surface area contributed by atoms with Gasteiger partial charge in [-0.15, -0.1) is 0 Å². The number of hydrogen-bond acceptors (Lipinski definition) is 4. The zero-order chi connectivity index (χ0) is 15.4.